The van der Waals surface area contributed by atoms with Crippen molar-refractivity contribution in [2.75, 3.05) is 19.6 Å². The molecule has 32 heavy (non-hydrogen) atoms. The first-order valence-electron chi connectivity index (χ1n) is 11.1. The maximum absolute atomic E-state index is 12.7. The third-order valence-corrected chi connectivity index (χ3v) is 6.51. The van der Waals surface area contributed by atoms with Crippen LogP contribution in [0.1, 0.15) is 48.7 Å². The van der Waals surface area contributed by atoms with E-state index in [2.05, 4.69) is 34.1 Å². The number of aromatic amines is 1. The third kappa shape index (κ3) is 4.89. The van der Waals surface area contributed by atoms with Gasteiger partial charge in [-0.25, -0.2) is 0 Å². The minimum Gasteiger partial charge on any atom is -0.354 e. The molecule has 0 bridgehead atoms. The molecule has 0 fully saturated rings. The highest BCUT2D eigenvalue weighted by Gasteiger charge is 2.21. The second-order valence-electron chi connectivity index (χ2n) is 8.05. The summed E-state index contributed by atoms with van der Waals surface area (Å²) in [5.41, 5.74) is 3.93. The Morgan fingerprint density at radius 2 is 1.94 bits per heavy atom. The summed E-state index contributed by atoms with van der Waals surface area (Å²) in [5.74, 6) is -0.0870. The standard InChI is InChI=1S/C24H32ClN5O2/c1-6-30(7-2)20(18-10-8-9-11-19(18)25)14-26-21(31)13-12-17-15(3)22-16(4)28-29(5)23(22)27-24(17)32/h8-11,20H,6-7,12-14H2,1-5H3,(H,26,31)(H,27,32). The number of carbonyl (C=O) groups is 1. The summed E-state index contributed by atoms with van der Waals surface area (Å²) in [5, 5.41) is 9.09. The lowest BCUT2D eigenvalue weighted by Gasteiger charge is -2.31. The summed E-state index contributed by atoms with van der Waals surface area (Å²) >= 11 is 6.45. The van der Waals surface area contributed by atoms with Gasteiger partial charge >= 0.3 is 0 Å². The summed E-state index contributed by atoms with van der Waals surface area (Å²) in [4.78, 5) is 30.5. The van der Waals surface area contributed by atoms with Gasteiger partial charge in [-0.15, -0.1) is 0 Å². The van der Waals surface area contributed by atoms with Crippen molar-refractivity contribution in [3.63, 3.8) is 0 Å². The maximum atomic E-state index is 12.7. The number of amides is 1. The molecule has 2 aromatic heterocycles. The molecular formula is C24H32ClN5O2. The molecule has 0 spiro atoms. The molecule has 3 rings (SSSR count). The van der Waals surface area contributed by atoms with Gasteiger partial charge < -0.3 is 10.3 Å². The van der Waals surface area contributed by atoms with Crippen molar-refractivity contribution in [3.8, 4) is 0 Å². The molecule has 2 N–H and O–H groups in total. The second kappa shape index (κ2) is 10.3. The summed E-state index contributed by atoms with van der Waals surface area (Å²) in [6, 6.07) is 7.74. The number of hydrogen-bond donors (Lipinski definition) is 2. The van der Waals surface area contributed by atoms with Crippen molar-refractivity contribution in [3.05, 3.63) is 62.0 Å². The number of nitrogens with one attached hydrogen (secondary N) is 2. The first-order chi connectivity index (χ1) is 15.3. The van der Waals surface area contributed by atoms with Crippen LogP contribution in [0.4, 0.5) is 0 Å². The number of nitrogens with zero attached hydrogens (tertiary/aromatic N) is 3. The van der Waals surface area contributed by atoms with Crippen LogP contribution < -0.4 is 10.9 Å². The number of rotatable bonds is 9. The van der Waals surface area contributed by atoms with Gasteiger partial charge in [0, 0.05) is 36.0 Å². The van der Waals surface area contributed by atoms with Crippen LogP contribution in [0.5, 0.6) is 0 Å². The fourth-order valence-electron chi connectivity index (χ4n) is 4.44. The predicted octanol–water partition coefficient (Wildman–Crippen LogP) is 3.66. The molecule has 2 heterocycles. The van der Waals surface area contributed by atoms with Gasteiger partial charge in [-0.3, -0.25) is 19.2 Å². The van der Waals surface area contributed by atoms with Gasteiger partial charge in [-0.1, -0.05) is 43.6 Å². The van der Waals surface area contributed by atoms with E-state index in [1.165, 1.54) is 0 Å². The molecule has 0 radical (unpaired) electrons. The number of aryl methyl sites for hydroxylation is 3. The van der Waals surface area contributed by atoms with Gasteiger partial charge in [-0.2, -0.15) is 5.10 Å². The molecule has 3 aromatic rings. The van der Waals surface area contributed by atoms with Crippen molar-refractivity contribution < 1.29 is 4.79 Å². The largest absolute Gasteiger partial charge is 0.354 e. The zero-order valence-corrected chi connectivity index (χ0v) is 20.2. The molecule has 8 heteroatoms. The molecule has 172 valence electrons. The molecule has 0 aliphatic rings. The SMILES string of the molecule is CCN(CC)C(CNC(=O)CCc1c(C)c2c(C)nn(C)c2[nH]c1=O)c1ccccc1Cl. The van der Waals surface area contributed by atoms with Crippen LogP contribution >= 0.6 is 11.6 Å². The first kappa shape index (κ1) is 24.0. The minimum atomic E-state index is -0.164. The Bertz CT molecular complexity index is 1160. The molecule has 1 atom stereocenters. The Morgan fingerprint density at radius 3 is 2.59 bits per heavy atom. The van der Waals surface area contributed by atoms with E-state index in [1.54, 1.807) is 4.68 Å². The van der Waals surface area contributed by atoms with Gasteiger partial charge in [0.2, 0.25) is 5.91 Å². The zero-order valence-electron chi connectivity index (χ0n) is 19.5. The topological polar surface area (TPSA) is 83.0 Å². The summed E-state index contributed by atoms with van der Waals surface area (Å²) in [6.07, 6.45) is 0.613. The van der Waals surface area contributed by atoms with Crippen LogP contribution in [0.3, 0.4) is 0 Å². The molecule has 0 aliphatic heterocycles. The second-order valence-corrected chi connectivity index (χ2v) is 8.46. The highest BCUT2D eigenvalue weighted by molar-refractivity contribution is 6.31. The summed E-state index contributed by atoms with van der Waals surface area (Å²) < 4.78 is 1.68. The van der Waals surface area contributed by atoms with Crippen LogP contribution in [-0.2, 0) is 18.3 Å². The van der Waals surface area contributed by atoms with Gasteiger partial charge in [0.05, 0.1) is 11.7 Å². The number of aromatic nitrogens is 3. The summed E-state index contributed by atoms with van der Waals surface area (Å²) in [6.45, 7) is 10.2. The lowest BCUT2D eigenvalue weighted by molar-refractivity contribution is -0.121. The van der Waals surface area contributed by atoms with Crippen LogP contribution in [0, 0.1) is 13.8 Å². The molecule has 1 amide bonds. The van der Waals surface area contributed by atoms with Gasteiger partial charge in [0.15, 0.2) is 0 Å². The fraction of sp³-hybridized carbons (Fsp3) is 0.458. The Balaban J connectivity index is 1.72. The number of likely N-dealkylation sites (N-methyl/N-ethyl adjacent to an activating group) is 1. The zero-order chi connectivity index (χ0) is 23.4. The number of H-pyrrole nitrogens is 1. The number of fused-ring (bicyclic) bond motifs is 1. The monoisotopic (exact) mass is 457 g/mol. The Hall–Kier alpha value is -2.64. The van der Waals surface area contributed by atoms with E-state index in [4.69, 9.17) is 11.6 Å². The number of pyridine rings is 1. The van der Waals surface area contributed by atoms with Crippen LogP contribution in [0.15, 0.2) is 29.1 Å². The Labute approximate surface area is 193 Å². The normalized spacial score (nSPS) is 12.5. The number of benzene rings is 1. The maximum Gasteiger partial charge on any atom is 0.253 e. The molecule has 0 aliphatic carbocycles. The minimum absolute atomic E-state index is 0.0119. The average molecular weight is 458 g/mol. The van der Waals surface area contributed by atoms with E-state index in [0.29, 0.717) is 29.2 Å². The third-order valence-electron chi connectivity index (χ3n) is 6.17. The van der Waals surface area contributed by atoms with Crippen LogP contribution in [0.25, 0.3) is 11.0 Å². The van der Waals surface area contributed by atoms with Crippen molar-refractivity contribution in [1.29, 1.82) is 0 Å². The lowest BCUT2D eigenvalue weighted by Crippen LogP contribution is -2.38. The smallest absolute Gasteiger partial charge is 0.253 e. The highest BCUT2D eigenvalue weighted by Crippen LogP contribution is 2.27. The number of halogens is 1. The average Bonchev–Trinajstić information content (AvgIpc) is 3.04. The molecular weight excluding hydrogens is 426 g/mol. The highest BCUT2D eigenvalue weighted by atomic mass is 35.5. The van der Waals surface area contributed by atoms with Gasteiger partial charge in [0.1, 0.15) is 5.65 Å². The first-order valence-corrected chi connectivity index (χ1v) is 11.5. The number of carbonyl (C=O) groups excluding carboxylic acids is 1. The van der Waals surface area contributed by atoms with Crippen molar-refractivity contribution >= 4 is 28.5 Å². The molecule has 0 saturated heterocycles. The van der Waals surface area contributed by atoms with Crippen LogP contribution in [-0.4, -0.2) is 45.2 Å². The van der Waals surface area contributed by atoms with E-state index >= 15 is 0 Å². The summed E-state index contributed by atoms with van der Waals surface area (Å²) in [7, 11) is 1.81. The Kier molecular flexibility index (Phi) is 7.74. The quantitative estimate of drug-likeness (QED) is 0.513. The van der Waals surface area contributed by atoms with E-state index in [-0.39, 0.29) is 23.9 Å². The molecule has 1 unspecified atom stereocenters. The molecule has 7 nitrogen and oxygen atoms in total. The van der Waals surface area contributed by atoms with Crippen LogP contribution in [0.2, 0.25) is 5.02 Å². The van der Waals surface area contributed by atoms with Crippen molar-refractivity contribution in [2.45, 2.75) is 46.6 Å². The van der Waals surface area contributed by atoms with Gasteiger partial charge in [0.25, 0.3) is 5.56 Å². The van der Waals surface area contributed by atoms with E-state index in [9.17, 15) is 9.59 Å². The van der Waals surface area contributed by atoms with Gasteiger partial charge in [-0.05, 0) is 50.6 Å². The number of hydrogen-bond acceptors (Lipinski definition) is 4. The fourth-order valence-corrected chi connectivity index (χ4v) is 4.70. The van der Waals surface area contributed by atoms with Crippen molar-refractivity contribution in [2.24, 2.45) is 7.05 Å². The van der Waals surface area contributed by atoms with E-state index in [1.807, 2.05) is 45.2 Å². The Morgan fingerprint density at radius 1 is 1.25 bits per heavy atom. The van der Waals surface area contributed by atoms with E-state index < -0.39 is 0 Å². The van der Waals surface area contributed by atoms with E-state index in [0.717, 1.165) is 35.3 Å². The van der Waals surface area contributed by atoms with Crippen molar-refractivity contribution in [1.82, 2.24) is 25.0 Å². The predicted molar refractivity (Wildman–Crippen MR) is 129 cm³/mol. The molecule has 1 aromatic carbocycles. The molecule has 0 saturated carbocycles. The lowest BCUT2D eigenvalue weighted by atomic mass is 10.0.